The first-order chi connectivity index (χ1) is 12.3. The number of nitrogens with zero attached hydrogens (tertiary/aromatic N) is 1. The highest BCUT2D eigenvalue weighted by Crippen LogP contribution is 2.35. The molecular weight excluding hydrogens is 355 g/mol. The van der Waals surface area contributed by atoms with Gasteiger partial charge < -0.3 is 10.2 Å². The van der Waals surface area contributed by atoms with Crippen molar-refractivity contribution in [2.45, 2.75) is 37.8 Å². The highest BCUT2D eigenvalue weighted by molar-refractivity contribution is 5.94. The maximum atomic E-state index is 14.2. The minimum absolute atomic E-state index is 0.00268. The Labute approximate surface area is 148 Å². The van der Waals surface area contributed by atoms with Gasteiger partial charge in [-0.1, -0.05) is 0 Å². The lowest BCUT2D eigenvalue weighted by Crippen LogP contribution is -2.42. The van der Waals surface area contributed by atoms with E-state index in [4.69, 9.17) is 0 Å². The van der Waals surface area contributed by atoms with E-state index in [0.29, 0.717) is 25.9 Å². The molecule has 0 radical (unpaired) electrons. The lowest BCUT2D eigenvalue weighted by atomic mass is 9.88. The van der Waals surface area contributed by atoms with E-state index in [1.807, 2.05) is 0 Å². The Bertz CT molecular complexity index is 662. The van der Waals surface area contributed by atoms with Crippen molar-refractivity contribution in [2.75, 3.05) is 26.2 Å². The maximum Gasteiger partial charge on any atom is 0.391 e. The summed E-state index contributed by atoms with van der Waals surface area (Å²) < 4.78 is 66.5. The third kappa shape index (κ3) is 4.00. The molecule has 2 aliphatic heterocycles. The second-order valence-electron chi connectivity index (χ2n) is 6.99. The van der Waals surface area contributed by atoms with Crippen LogP contribution in [0, 0.1) is 17.6 Å². The van der Waals surface area contributed by atoms with E-state index in [1.165, 1.54) is 11.0 Å². The fourth-order valence-corrected chi connectivity index (χ4v) is 3.76. The molecule has 0 unspecified atom stereocenters. The van der Waals surface area contributed by atoms with Gasteiger partial charge in [0.15, 0.2) is 11.6 Å². The molecule has 26 heavy (non-hydrogen) atoms. The number of carbonyl (C=O) groups excluding carboxylic acids is 1. The second kappa shape index (κ2) is 7.50. The summed E-state index contributed by atoms with van der Waals surface area (Å²) in [5.74, 6) is -4.16. The molecule has 0 aromatic heterocycles. The van der Waals surface area contributed by atoms with Crippen molar-refractivity contribution in [3.05, 3.63) is 34.9 Å². The predicted octanol–water partition coefficient (Wildman–Crippen LogP) is 3.85. The molecule has 1 N–H and O–H groups in total. The molecule has 0 spiro atoms. The minimum Gasteiger partial charge on any atom is -0.339 e. The average Bonchev–Trinajstić information content (AvgIpc) is 2.63. The summed E-state index contributed by atoms with van der Waals surface area (Å²) in [5, 5.41) is 3.14. The molecule has 2 heterocycles. The van der Waals surface area contributed by atoms with E-state index in [0.717, 1.165) is 6.07 Å². The molecule has 0 atom stereocenters. The number of rotatable bonds is 2. The number of hydrogen-bond acceptors (Lipinski definition) is 2. The van der Waals surface area contributed by atoms with Crippen molar-refractivity contribution in [3.63, 3.8) is 0 Å². The first-order valence-corrected chi connectivity index (χ1v) is 8.83. The van der Waals surface area contributed by atoms with Crippen molar-refractivity contribution in [1.82, 2.24) is 10.2 Å². The topological polar surface area (TPSA) is 32.3 Å². The van der Waals surface area contributed by atoms with Crippen LogP contribution in [0.2, 0.25) is 0 Å². The molecule has 0 aliphatic carbocycles. The molecule has 1 amide bonds. The zero-order valence-corrected chi connectivity index (χ0v) is 14.2. The van der Waals surface area contributed by atoms with Crippen molar-refractivity contribution in [3.8, 4) is 0 Å². The summed E-state index contributed by atoms with van der Waals surface area (Å²) in [6.07, 6.45) is -3.31. The van der Waals surface area contributed by atoms with Gasteiger partial charge in [-0.3, -0.25) is 4.79 Å². The first-order valence-electron chi connectivity index (χ1n) is 8.83. The Hall–Kier alpha value is -1.70. The van der Waals surface area contributed by atoms with Gasteiger partial charge in [0, 0.05) is 18.7 Å². The van der Waals surface area contributed by atoms with E-state index < -0.39 is 29.6 Å². The van der Waals surface area contributed by atoms with Gasteiger partial charge in [-0.25, -0.2) is 8.78 Å². The van der Waals surface area contributed by atoms with Gasteiger partial charge in [0.25, 0.3) is 5.91 Å². The Balaban J connectivity index is 1.76. The van der Waals surface area contributed by atoms with Crippen molar-refractivity contribution < 1.29 is 26.7 Å². The van der Waals surface area contributed by atoms with Crippen LogP contribution in [-0.4, -0.2) is 43.2 Å². The fraction of sp³-hybridized carbons (Fsp3) is 0.611. The van der Waals surface area contributed by atoms with Crippen LogP contribution in [-0.2, 0) is 0 Å². The number of nitrogens with one attached hydrogen (secondary N) is 1. The van der Waals surface area contributed by atoms with Crippen LogP contribution in [0.3, 0.4) is 0 Å². The highest BCUT2D eigenvalue weighted by atomic mass is 19.4. The first kappa shape index (κ1) is 19.1. The van der Waals surface area contributed by atoms with Gasteiger partial charge >= 0.3 is 6.18 Å². The number of hydrogen-bond donors (Lipinski definition) is 1. The maximum absolute atomic E-state index is 14.2. The van der Waals surface area contributed by atoms with Gasteiger partial charge in [-0.15, -0.1) is 0 Å². The monoisotopic (exact) mass is 376 g/mol. The zero-order chi connectivity index (χ0) is 18.9. The van der Waals surface area contributed by atoms with Crippen molar-refractivity contribution >= 4 is 5.91 Å². The number of piperidine rings is 2. The summed E-state index contributed by atoms with van der Waals surface area (Å²) in [5.41, 5.74) is 0.183. The quantitative estimate of drug-likeness (QED) is 0.796. The molecule has 2 fully saturated rings. The molecule has 0 saturated carbocycles. The smallest absolute Gasteiger partial charge is 0.339 e. The molecule has 1 aromatic rings. The molecule has 8 heteroatoms. The van der Waals surface area contributed by atoms with Crippen LogP contribution in [0.15, 0.2) is 12.1 Å². The summed E-state index contributed by atoms with van der Waals surface area (Å²) in [6.45, 7) is 1.30. The van der Waals surface area contributed by atoms with E-state index in [2.05, 4.69) is 5.32 Å². The molecule has 144 valence electrons. The molecule has 1 aromatic carbocycles. The Morgan fingerprint density at radius 1 is 1.04 bits per heavy atom. The minimum atomic E-state index is -4.26. The van der Waals surface area contributed by atoms with E-state index >= 15 is 0 Å². The van der Waals surface area contributed by atoms with Crippen LogP contribution in [0.4, 0.5) is 22.0 Å². The number of benzene rings is 1. The third-order valence-corrected chi connectivity index (χ3v) is 5.33. The van der Waals surface area contributed by atoms with Gasteiger partial charge in [-0.2, -0.15) is 13.2 Å². The number of amides is 1. The largest absolute Gasteiger partial charge is 0.391 e. The molecule has 2 aliphatic rings. The van der Waals surface area contributed by atoms with Crippen LogP contribution in [0.1, 0.15) is 47.5 Å². The summed E-state index contributed by atoms with van der Waals surface area (Å²) in [7, 11) is 0. The third-order valence-electron chi connectivity index (χ3n) is 5.33. The molecule has 2 saturated heterocycles. The summed E-state index contributed by atoms with van der Waals surface area (Å²) in [6, 6.07) is 2.21. The SMILES string of the molecule is O=C(c1cc(F)c(F)c(C2CCNCC2)c1)N1CCC(C(F)(F)F)CC1. The normalized spacial score (nSPS) is 20.4. The van der Waals surface area contributed by atoms with E-state index in [9.17, 15) is 26.7 Å². The predicted molar refractivity (Wildman–Crippen MR) is 85.9 cm³/mol. The molecule has 3 nitrogen and oxygen atoms in total. The van der Waals surface area contributed by atoms with E-state index in [-0.39, 0.29) is 43.0 Å². The Morgan fingerprint density at radius 2 is 1.65 bits per heavy atom. The number of carbonyl (C=O) groups is 1. The van der Waals surface area contributed by atoms with Gasteiger partial charge in [0.05, 0.1) is 5.92 Å². The zero-order valence-electron chi connectivity index (χ0n) is 14.2. The van der Waals surface area contributed by atoms with Gasteiger partial charge in [0.1, 0.15) is 0 Å². The summed E-state index contributed by atoms with van der Waals surface area (Å²) >= 11 is 0. The number of likely N-dealkylation sites (tertiary alicyclic amines) is 1. The van der Waals surface area contributed by atoms with Crippen LogP contribution in [0.5, 0.6) is 0 Å². The highest BCUT2D eigenvalue weighted by Gasteiger charge is 2.41. The number of halogens is 5. The molecular formula is C18H21F5N2O. The number of alkyl halides is 3. The van der Waals surface area contributed by atoms with Crippen LogP contribution in [0.25, 0.3) is 0 Å². The van der Waals surface area contributed by atoms with Gasteiger partial charge in [-0.05, 0) is 62.4 Å². The van der Waals surface area contributed by atoms with Crippen LogP contribution < -0.4 is 5.32 Å². The molecule has 0 bridgehead atoms. The van der Waals surface area contributed by atoms with Crippen LogP contribution >= 0.6 is 0 Å². The average molecular weight is 376 g/mol. The Kier molecular flexibility index (Phi) is 5.50. The van der Waals surface area contributed by atoms with E-state index in [1.54, 1.807) is 0 Å². The second-order valence-corrected chi connectivity index (χ2v) is 6.99. The Morgan fingerprint density at radius 3 is 2.23 bits per heavy atom. The summed E-state index contributed by atoms with van der Waals surface area (Å²) in [4.78, 5) is 13.9. The standard InChI is InChI=1S/C18H21F5N2O/c19-15-10-12(9-14(16(15)20)11-1-5-24-6-2-11)17(26)25-7-3-13(4-8-25)18(21,22)23/h9-11,13,24H,1-8H2. The lowest BCUT2D eigenvalue weighted by Gasteiger charge is -2.33. The lowest BCUT2D eigenvalue weighted by molar-refractivity contribution is -0.183. The molecule has 3 rings (SSSR count). The van der Waals surface area contributed by atoms with Crippen molar-refractivity contribution in [2.24, 2.45) is 5.92 Å². The van der Waals surface area contributed by atoms with Crippen molar-refractivity contribution in [1.29, 1.82) is 0 Å². The van der Waals surface area contributed by atoms with Gasteiger partial charge in [0.2, 0.25) is 0 Å². The fourth-order valence-electron chi connectivity index (χ4n) is 3.76.